The molecule has 22 heavy (non-hydrogen) atoms. The second-order valence-electron chi connectivity index (χ2n) is 4.40. The van der Waals surface area contributed by atoms with E-state index in [0.717, 1.165) is 17.1 Å². The SMILES string of the molecule is CN(NC(=O)c1ccccc1)c1cc(C(F)(F)F)cc(Cl)n1. The molecule has 1 amide bonds. The van der Waals surface area contributed by atoms with Crippen LogP contribution in [0, 0.1) is 0 Å². The minimum Gasteiger partial charge on any atom is -0.271 e. The Morgan fingerprint density at radius 1 is 1.23 bits per heavy atom. The summed E-state index contributed by atoms with van der Waals surface area (Å²) in [4.78, 5) is 15.7. The molecule has 1 N–H and O–H groups in total. The number of amides is 1. The molecule has 2 aromatic rings. The van der Waals surface area contributed by atoms with Crippen LogP contribution in [-0.2, 0) is 6.18 Å². The maximum atomic E-state index is 12.7. The average Bonchev–Trinajstić information content (AvgIpc) is 2.46. The lowest BCUT2D eigenvalue weighted by Gasteiger charge is -2.20. The standard InChI is InChI=1S/C14H11ClF3N3O/c1-21(20-13(22)9-5-3-2-4-6-9)12-8-10(14(16,17)18)7-11(15)19-12/h2-8H,1H3,(H,20,22). The summed E-state index contributed by atoms with van der Waals surface area (Å²) in [5.41, 5.74) is 1.85. The van der Waals surface area contributed by atoms with Crippen LogP contribution in [0.15, 0.2) is 42.5 Å². The second kappa shape index (κ2) is 6.23. The van der Waals surface area contributed by atoms with Crippen LogP contribution in [0.1, 0.15) is 15.9 Å². The molecule has 0 saturated heterocycles. The number of hydrazine groups is 1. The third kappa shape index (κ3) is 3.88. The van der Waals surface area contributed by atoms with Gasteiger partial charge in [0.15, 0.2) is 0 Å². The molecule has 0 aliphatic heterocycles. The minimum absolute atomic E-state index is 0.121. The number of nitrogens with one attached hydrogen (secondary N) is 1. The zero-order valence-corrected chi connectivity index (χ0v) is 12.1. The Morgan fingerprint density at radius 2 is 1.86 bits per heavy atom. The molecule has 0 bridgehead atoms. The Balaban J connectivity index is 2.21. The van der Waals surface area contributed by atoms with Crippen LogP contribution in [0.2, 0.25) is 5.15 Å². The summed E-state index contributed by atoms with van der Waals surface area (Å²) < 4.78 is 38.2. The van der Waals surface area contributed by atoms with Gasteiger partial charge < -0.3 is 0 Å². The van der Waals surface area contributed by atoms with Crippen molar-refractivity contribution in [3.8, 4) is 0 Å². The molecule has 0 unspecified atom stereocenters. The van der Waals surface area contributed by atoms with Gasteiger partial charge in [0, 0.05) is 12.6 Å². The topological polar surface area (TPSA) is 45.2 Å². The zero-order chi connectivity index (χ0) is 16.3. The molecule has 0 radical (unpaired) electrons. The van der Waals surface area contributed by atoms with Gasteiger partial charge in [0.2, 0.25) is 0 Å². The second-order valence-corrected chi connectivity index (χ2v) is 4.79. The van der Waals surface area contributed by atoms with E-state index in [-0.39, 0.29) is 11.0 Å². The van der Waals surface area contributed by atoms with Gasteiger partial charge >= 0.3 is 6.18 Å². The fourth-order valence-corrected chi connectivity index (χ4v) is 1.89. The van der Waals surface area contributed by atoms with E-state index >= 15 is 0 Å². The Labute approximate surface area is 129 Å². The fraction of sp³-hybridized carbons (Fsp3) is 0.143. The number of benzene rings is 1. The molecule has 0 fully saturated rings. The molecule has 8 heteroatoms. The first kappa shape index (κ1) is 16.1. The fourth-order valence-electron chi connectivity index (χ4n) is 1.68. The lowest BCUT2D eigenvalue weighted by Crippen LogP contribution is -2.40. The van der Waals surface area contributed by atoms with E-state index < -0.39 is 17.6 Å². The highest BCUT2D eigenvalue weighted by Crippen LogP contribution is 2.32. The number of anilines is 1. The zero-order valence-electron chi connectivity index (χ0n) is 11.4. The van der Waals surface area contributed by atoms with Gasteiger partial charge in [-0.05, 0) is 24.3 Å². The van der Waals surface area contributed by atoms with Gasteiger partial charge in [0.25, 0.3) is 5.91 Å². The van der Waals surface area contributed by atoms with Gasteiger partial charge in [-0.1, -0.05) is 29.8 Å². The van der Waals surface area contributed by atoms with E-state index in [1.54, 1.807) is 30.3 Å². The van der Waals surface area contributed by atoms with E-state index in [1.165, 1.54) is 7.05 Å². The number of carbonyl (C=O) groups is 1. The van der Waals surface area contributed by atoms with E-state index in [0.29, 0.717) is 5.56 Å². The van der Waals surface area contributed by atoms with Gasteiger partial charge in [0.05, 0.1) is 5.56 Å². The number of nitrogens with zero attached hydrogens (tertiary/aromatic N) is 2. The highest BCUT2D eigenvalue weighted by Gasteiger charge is 2.32. The maximum Gasteiger partial charge on any atom is 0.416 e. The highest BCUT2D eigenvalue weighted by molar-refractivity contribution is 6.29. The number of carbonyl (C=O) groups excluding carboxylic acids is 1. The average molecular weight is 330 g/mol. The number of rotatable bonds is 3. The van der Waals surface area contributed by atoms with Crippen LogP contribution in [0.25, 0.3) is 0 Å². The van der Waals surface area contributed by atoms with Gasteiger partial charge in [-0.3, -0.25) is 15.2 Å². The summed E-state index contributed by atoms with van der Waals surface area (Å²) in [5, 5.41) is 0.766. The van der Waals surface area contributed by atoms with Crippen molar-refractivity contribution in [1.82, 2.24) is 10.4 Å². The van der Waals surface area contributed by atoms with Crippen LogP contribution >= 0.6 is 11.6 Å². The molecule has 1 aromatic carbocycles. The Hall–Kier alpha value is -2.28. The number of halogens is 4. The lowest BCUT2D eigenvalue weighted by atomic mass is 10.2. The largest absolute Gasteiger partial charge is 0.416 e. The van der Waals surface area contributed by atoms with Gasteiger partial charge in [-0.25, -0.2) is 4.98 Å². The van der Waals surface area contributed by atoms with Crippen molar-refractivity contribution in [2.45, 2.75) is 6.18 Å². The molecule has 1 heterocycles. The molecule has 0 atom stereocenters. The molecule has 2 rings (SSSR count). The summed E-state index contributed by atoms with van der Waals surface area (Å²) in [7, 11) is 1.37. The van der Waals surface area contributed by atoms with Crippen molar-refractivity contribution >= 4 is 23.3 Å². The first-order valence-corrected chi connectivity index (χ1v) is 6.50. The Kier molecular flexibility index (Phi) is 4.56. The van der Waals surface area contributed by atoms with Crippen LogP contribution in [0.3, 0.4) is 0 Å². The normalized spacial score (nSPS) is 11.1. The highest BCUT2D eigenvalue weighted by atomic mass is 35.5. The summed E-state index contributed by atoms with van der Waals surface area (Å²) in [5.74, 6) is -0.595. The van der Waals surface area contributed by atoms with E-state index in [4.69, 9.17) is 11.6 Å². The van der Waals surface area contributed by atoms with Crippen LogP contribution < -0.4 is 10.4 Å². The molecule has 116 valence electrons. The Bertz CT molecular complexity index is 677. The predicted molar refractivity (Wildman–Crippen MR) is 76.6 cm³/mol. The van der Waals surface area contributed by atoms with Crippen LogP contribution in [-0.4, -0.2) is 17.9 Å². The molecule has 4 nitrogen and oxygen atoms in total. The number of alkyl halides is 3. The first-order chi connectivity index (χ1) is 10.3. The number of hydrogen-bond donors (Lipinski definition) is 1. The summed E-state index contributed by atoms with van der Waals surface area (Å²) >= 11 is 5.60. The molecule has 1 aromatic heterocycles. The van der Waals surface area contributed by atoms with Crippen LogP contribution in [0.5, 0.6) is 0 Å². The molecule has 0 spiro atoms. The van der Waals surface area contributed by atoms with Crippen molar-refractivity contribution < 1.29 is 18.0 Å². The molecule has 0 aliphatic rings. The van der Waals surface area contributed by atoms with Crippen molar-refractivity contribution in [1.29, 1.82) is 0 Å². The molecule has 0 saturated carbocycles. The van der Waals surface area contributed by atoms with Gasteiger partial charge in [-0.2, -0.15) is 13.2 Å². The monoisotopic (exact) mass is 329 g/mol. The van der Waals surface area contributed by atoms with Crippen molar-refractivity contribution in [3.05, 3.63) is 58.7 Å². The van der Waals surface area contributed by atoms with Gasteiger partial charge in [-0.15, -0.1) is 0 Å². The minimum atomic E-state index is -4.55. The smallest absolute Gasteiger partial charge is 0.271 e. The number of pyridine rings is 1. The third-order valence-corrected chi connectivity index (χ3v) is 2.95. The quantitative estimate of drug-likeness (QED) is 0.692. The molecular formula is C14H11ClF3N3O. The van der Waals surface area contributed by atoms with E-state index in [2.05, 4.69) is 10.4 Å². The number of aromatic nitrogens is 1. The third-order valence-electron chi connectivity index (χ3n) is 2.76. The summed E-state index contributed by atoms with van der Waals surface area (Å²) in [6, 6.07) is 9.78. The van der Waals surface area contributed by atoms with Crippen molar-refractivity contribution in [2.24, 2.45) is 0 Å². The first-order valence-electron chi connectivity index (χ1n) is 6.12. The predicted octanol–water partition coefficient (Wildman–Crippen LogP) is 3.54. The maximum absolute atomic E-state index is 12.7. The Morgan fingerprint density at radius 3 is 2.45 bits per heavy atom. The summed E-state index contributed by atoms with van der Waals surface area (Å²) in [6.07, 6.45) is -4.55. The van der Waals surface area contributed by atoms with Crippen molar-refractivity contribution in [2.75, 3.05) is 12.1 Å². The lowest BCUT2D eigenvalue weighted by molar-refractivity contribution is -0.137. The van der Waals surface area contributed by atoms with Crippen LogP contribution in [0.4, 0.5) is 19.0 Å². The van der Waals surface area contributed by atoms with E-state index in [1.807, 2.05) is 0 Å². The summed E-state index contributed by atoms with van der Waals surface area (Å²) in [6.45, 7) is 0. The number of hydrogen-bond acceptors (Lipinski definition) is 3. The van der Waals surface area contributed by atoms with E-state index in [9.17, 15) is 18.0 Å². The van der Waals surface area contributed by atoms with Gasteiger partial charge in [0.1, 0.15) is 11.0 Å². The molecular weight excluding hydrogens is 319 g/mol. The van der Waals surface area contributed by atoms with Crippen molar-refractivity contribution in [3.63, 3.8) is 0 Å². The molecule has 0 aliphatic carbocycles.